The molecule has 3 fully saturated rings. The van der Waals surface area contributed by atoms with Crippen molar-refractivity contribution in [1.29, 1.82) is 0 Å². The maximum Gasteiger partial charge on any atom is 0.313 e. The van der Waals surface area contributed by atoms with Gasteiger partial charge in [-0.1, -0.05) is 54.9 Å². The van der Waals surface area contributed by atoms with Crippen LogP contribution in [0.1, 0.15) is 107 Å². The van der Waals surface area contributed by atoms with Gasteiger partial charge in [-0.15, -0.1) is 0 Å². The first kappa shape index (κ1) is 23.1. The van der Waals surface area contributed by atoms with Crippen LogP contribution < -0.4 is 5.73 Å². The van der Waals surface area contributed by atoms with E-state index in [-0.39, 0.29) is 22.4 Å². The van der Waals surface area contributed by atoms with Crippen LogP contribution in [0.15, 0.2) is 0 Å². The van der Waals surface area contributed by atoms with Crippen molar-refractivity contribution in [3.05, 3.63) is 0 Å². The predicted octanol–water partition coefficient (Wildman–Crippen LogP) is 6.34. The Kier molecular flexibility index (Phi) is 5.77. The van der Waals surface area contributed by atoms with Gasteiger partial charge in [0, 0.05) is 12.5 Å². The highest BCUT2D eigenvalue weighted by molar-refractivity contribution is 5.77. The molecule has 3 aliphatic carbocycles. The summed E-state index contributed by atoms with van der Waals surface area (Å²) in [4.78, 5) is 13.6. The normalized spacial score (nSPS) is 40.4. The predicted molar refractivity (Wildman–Crippen MR) is 120 cm³/mol. The largest absolute Gasteiger partial charge is 0.458 e. The van der Waals surface area contributed by atoms with Crippen LogP contribution in [0.4, 0.5) is 0 Å². The molecule has 1 spiro atoms. The number of hydrogen-bond donors (Lipinski definition) is 1. The number of carbonyl (C=O) groups excluding carboxylic acids is 1. The Morgan fingerprint density at radius 1 is 1.10 bits per heavy atom. The Balaban J connectivity index is 1.93. The average Bonchev–Trinajstić information content (AvgIpc) is 3.02. The van der Waals surface area contributed by atoms with E-state index in [4.69, 9.17) is 10.5 Å². The number of esters is 1. The smallest absolute Gasteiger partial charge is 0.313 e. The maximum absolute atomic E-state index is 13.6. The molecule has 6 atom stereocenters. The molecule has 0 saturated heterocycles. The third-order valence-electron chi connectivity index (χ3n) is 9.43. The third kappa shape index (κ3) is 3.58. The molecule has 3 heteroatoms. The summed E-state index contributed by atoms with van der Waals surface area (Å²) in [5.41, 5.74) is 6.00. The first-order valence-corrected chi connectivity index (χ1v) is 12.2. The highest BCUT2D eigenvalue weighted by Gasteiger charge is 2.70. The molecule has 29 heavy (non-hydrogen) atoms. The van der Waals surface area contributed by atoms with Gasteiger partial charge in [-0.3, -0.25) is 4.79 Å². The van der Waals surface area contributed by atoms with E-state index in [0.717, 1.165) is 37.5 Å². The van der Waals surface area contributed by atoms with Crippen LogP contribution in [0.3, 0.4) is 0 Å². The van der Waals surface area contributed by atoms with Gasteiger partial charge in [0.15, 0.2) is 0 Å². The second-order valence-electron chi connectivity index (χ2n) is 13.0. The fraction of sp³-hybridized carbons (Fsp3) is 0.962. The lowest BCUT2D eigenvalue weighted by Gasteiger charge is -2.50. The number of nitrogens with two attached hydrogens (primary N) is 1. The molecule has 2 bridgehead atoms. The summed E-state index contributed by atoms with van der Waals surface area (Å²) in [7, 11) is 0. The molecule has 3 saturated carbocycles. The number of rotatable bonds is 6. The first-order chi connectivity index (χ1) is 13.3. The lowest BCUT2D eigenvalue weighted by atomic mass is 9.62. The zero-order chi connectivity index (χ0) is 21.9. The summed E-state index contributed by atoms with van der Waals surface area (Å²) >= 11 is 0. The number of hydrogen-bond acceptors (Lipinski definition) is 3. The Bertz CT molecular complexity index is 635. The lowest BCUT2D eigenvalue weighted by Crippen LogP contribution is -2.53. The van der Waals surface area contributed by atoms with Crippen molar-refractivity contribution in [3.63, 3.8) is 0 Å². The Morgan fingerprint density at radius 2 is 1.76 bits per heavy atom. The van der Waals surface area contributed by atoms with Gasteiger partial charge in [-0.2, -0.15) is 0 Å². The standard InChI is InChI=1S/C26H47NO2/c1-9-12-26(29-21(28)24(8,17-27)16-22(3,4)5)14-13-25-15-20(26)23(6,7)19(25)11-10-18(25)2/h18-20H,9-17,27H2,1-8H3. The maximum atomic E-state index is 13.6. The molecule has 2 N–H and O–H groups in total. The highest BCUT2D eigenvalue weighted by atomic mass is 16.6. The highest BCUT2D eigenvalue weighted by Crippen LogP contribution is 2.74. The Hall–Kier alpha value is -0.570. The molecule has 0 aromatic heterocycles. The molecule has 168 valence electrons. The third-order valence-corrected chi connectivity index (χ3v) is 9.43. The SMILES string of the molecule is CCCC1(OC(=O)C(C)(CN)CC(C)(C)C)CCC23CC1C(C)(C)C2CCC3C. The van der Waals surface area contributed by atoms with Crippen LogP contribution in [-0.4, -0.2) is 18.1 Å². The molecule has 0 amide bonds. The van der Waals surface area contributed by atoms with Gasteiger partial charge in [0.1, 0.15) is 5.60 Å². The van der Waals surface area contributed by atoms with Gasteiger partial charge in [0.25, 0.3) is 0 Å². The summed E-state index contributed by atoms with van der Waals surface area (Å²) in [6, 6.07) is 0. The topological polar surface area (TPSA) is 52.3 Å². The average molecular weight is 406 g/mol. The quantitative estimate of drug-likeness (QED) is 0.524. The van der Waals surface area contributed by atoms with Crippen LogP contribution in [0.5, 0.6) is 0 Å². The van der Waals surface area contributed by atoms with Crippen LogP contribution >= 0.6 is 0 Å². The fourth-order valence-electron chi connectivity index (χ4n) is 8.28. The summed E-state index contributed by atoms with van der Waals surface area (Å²) in [5.74, 6) is 2.00. The minimum Gasteiger partial charge on any atom is -0.458 e. The van der Waals surface area contributed by atoms with E-state index in [1.54, 1.807) is 0 Å². The van der Waals surface area contributed by atoms with E-state index < -0.39 is 5.41 Å². The Morgan fingerprint density at radius 3 is 2.31 bits per heavy atom. The van der Waals surface area contributed by atoms with E-state index in [0.29, 0.717) is 17.9 Å². The second-order valence-corrected chi connectivity index (χ2v) is 13.0. The van der Waals surface area contributed by atoms with Gasteiger partial charge in [-0.05, 0) is 80.0 Å². The minimum atomic E-state index is -0.611. The molecule has 0 radical (unpaired) electrons. The van der Waals surface area contributed by atoms with Crippen LogP contribution in [0.25, 0.3) is 0 Å². The minimum absolute atomic E-state index is 0.0424. The monoisotopic (exact) mass is 405 g/mol. The van der Waals surface area contributed by atoms with E-state index >= 15 is 0 Å². The molecule has 0 aliphatic heterocycles. The van der Waals surface area contributed by atoms with Gasteiger partial charge < -0.3 is 10.5 Å². The summed E-state index contributed by atoms with van der Waals surface area (Å²) in [6.07, 6.45) is 9.05. The van der Waals surface area contributed by atoms with Crippen molar-refractivity contribution in [2.75, 3.05) is 6.54 Å². The fourth-order valence-corrected chi connectivity index (χ4v) is 8.28. The lowest BCUT2D eigenvalue weighted by molar-refractivity contribution is -0.191. The van der Waals surface area contributed by atoms with Crippen molar-refractivity contribution < 1.29 is 9.53 Å². The van der Waals surface area contributed by atoms with Crippen molar-refractivity contribution in [1.82, 2.24) is 0 Å². The molecule has 0 aromatic carbocycles. The van der Waals surface area contributed by atoms with E-state index in [9.17, 15) is 4.79 Å². The van der Waals surface area contributed by atoms with Gasteiger partial charge in [0.05, 0.1) is 5.41 Å². The van der Waals surface area contributed by atoms with Crippen molar-refractivity contribution in [2.24, 2.45) is 45.1 Å². The van der Waals surface area contributed by atoms with Crippen LogP contribution in [-0.2, 0) is 9.53 Å². The first-order valence-electron chi connectivity index (χ1n) is 12.2. The van der Waals surface area contributed by atoms with E-state index in [2.05, 4.69) is 48.5 Å². The van der Waals surface area contributed by atoms with Crippen molar-refractivity contribution in [2.45, 2.75) is 112 Å². The number of carbonyl (C=O) groups is 1. The molecule has 3 rings (SSSR count). The molecule has 6 unspecified atom stereocenters. The van der Waals surface area contributed by atoms with E-state index in [1.165, 1.54) is 25.7 Å². The zero-order valence-corrected chi connectivity index (χ0v) is 20.5. The summed E-state index contributed by atoms with van der Waals surface area (Å²) in [5, 5.41) is 0. The number of fused-ring (bicyclic) bond motifs is 1. The molecule has 0 heterocycles. The van der Waals surface area contributed by atoms with Gasteiger partial charge in [-0.25, -0.2) is 0 Å². The molecular weight excluding hydrogens is 358 g/mol. The summed E-state index contributed by atoms with van der Waals surface area (Å²) < 4.78 is 6.67. The van der Waals surface area contributed by atoms with Crippen LogP contribution in [0, 0.1) is 39.4 Å². The van der Waals surface area contributed by atoms with Crippen molar-refractivity contribution in [3.8, 4) is 0 Å². The summed E-state index contributed by atoms with van der Waals surface area (Å²) in [6.45, 7) is 18.6. The number of ether oxygens (including phenoxy) is 1. The zero-order valence-electron chi connectivity index (χ0n) is 20.5. The molecule has 3 aliphatic rings. The van der Waals surface area contributed by atoms with E-state index in [1.807, 2.05) is 6.92 Å². The molecule has 3 nitrogen and oxygen atoms in total. The van der Waals surface area contributed by atoms with Crippen LogP contribution in [0.2, 0.25) is 0 Å². The Labute approximate surface area is 179 Å². The van der Waals surface area contributed by atoms with Crippen molar-refractivity contribution >= 4 is 5.97 Å². The molecule has 0 aromatic rings. The van der Waals surface area contributed by atoms with Gasteiger partial charge in [0.2, 0.25) is 0 Å². The van der Waals surface area contributed by atoms with Gasteiger partial charge >= 0.3 is 5.97 Å². The molecular formula is C26H47NO2. The second kappa shape index (κ2) is 7.24.